The first kappa shape index (κ1) is 19.2. The van der Waals surface area contributed by atoms with E-state index in [-0.39, 0.29) is 11.4 Å². The lowest BCUT2D eigenvalue weighted by atomic mass is 9.94. The first-order chi connectivity index (χ1) is 12.2. The van der Waals surface area contributed by atoms with Crippen LogP contribution < -0.4 is 4.73 Å². The van der Waals surface area contributed by atoms with E-state index in [1.165, 1.54) is 18.3 Å². The van der Waals surface area contributed by atoms with Gasteiger partial charge in [0.25, 0.3) is 5.03 Å². The minimum atomic E-state index is -4.64. The normalized spacial score (nSPS) is 19.8. The summed E-state index contributed by atoms with van der Waals surface area (Å²) < 4.78 is 40.4. The lowest BCUT2D eigenvalue weighted by molar-refractivity contribution is -0.645. The van der Waals surface area contributed by atoms with E-state index in [1.54, 1.807) is 18.2 Å². The van der Waals surface area contributed by atoms with Gasteiger partial charge < -0.3 is 10.3 Å². The standard InChI is InChI=1S/C16H11ClF3NO3S2/c17-10-6-8-5-9(15(22)23)14(16(18,19)20)26-11(8)7-12(10)25-13-3-1-2-4-21(13)24/h1-4,6-7,9,14H,5H2,(H,22,23). The Hall–Kier alpha value is -1.58. The number of halogens is 4. The van der Waals surface area contributed by atoms with Crippen molar-refractivity contribution >= 4 is 41.1 Å². The second-order valence-electron chi connectivity index (χ2n) is 5.59. The SMILES string of the molecule is O=C(O)C1Cc2cc(Cl)c(Sc3cccc[n+]3[O-])cc2SC1C(F)(F)F. The maximum absolute atomic E-state index is 13.3. The van der Waals surface area contributed by atoms with Gasteiger partial charge in [-0.3, -0.25) is 4.79 Å². The van der Waals surface area contributed by atoms with Gasteiger partial charge in [-0.15, -0.1) is 11.8 Å². The van der Waals surface area contributed by atoms with E-state index >= 15 is 0 Å². The topological polar surface area (TPSA) is 64.2 Å². The summed E-state index contributed by atoms with van der Waals surface area (Å²) >= 11 is 7.72. The number of rotatable bonds is 3. The van der Waals surface area contributed by atoms with Crippen LogP contribution in [0.3, 0.4) is 0 Å². The Kier molecular flexibility index (Phi) is 5.32. The Labute approximate surface area is 159 Å². The van der Waals surface area contributed by atoms with Crippen LogP contribution in [0.5, 0.6) is 0 Å². The Balaban J connectivity index is 1.97. The Morgan fingerprint density at radius 1 is 1.38 bits per heavy atom. The van der Waals surface area contributed by atoms with E-state index in [2.05, 4.69) is 0 Å². The van der Waals surface area contributed by atoms with Gasteiger partial charge in [-0.1, -0.05) is 11.6 Å². The third kappa shape index (κ3) is 3.89. The molecule has 4 nitrogen and oxygen atoms in total. The van der Waals surface area contributed by atoms with Crippen molar-refractivity contribution in [1.29, 1.82) is 0 Å². The molecule has 2 unspecified atom stereocenters. The first-order valence-electron chi connectivity index (χ1n) is 7.31. The minimum Gasteiger partial charge on any atom is -0.618 e. The summed E-state index contributed by atoms with van der Waals surface area (Å²) in [5, 5.41) is 19.5. The fourth-order valence-corrected chi connectivity index (χ4v) is 5.10. The summed E-state index contributed by atoms with van der Waals surface area (Å²) in [6.45, 7) is 0. The Bertz CT molecular complexity index is 863. The molecule has 138 valence electrons. The predicted octanol–water partition coefficient (Wildman–Crippen LogP) is 4.40. The molecule has 0 fully saturated rings. The van der Waals surface area contributed by atoms with Gasteiger partial charge in [0.15, 0.2) is 6.20 Å². The Morgan fingerprint density at radius 2 is 2.12 bits per heavy atom. The molecule has 2 heterocycles. The van der Waals surface area contributed by atoms with E-state index in [0.29, 0.717) is 36.9 Å². The molecule has 0 amide bonds. The van der Waals surface area contributed by atoms with Gasteiger partial charge >= 0.3 is 12.1 Å². The number of hydrogen-bond acceptors (Lipinski definition) is 4. The number of carbonyl (C=O) groups is 1. The lowest BCUT2D eigenvalue weighted by Crippen LogP contribution is -2.41. The van der Waals surface area contributed by atoms with Crippen molar-refractivity contribution in [2.75, 3.05) is 0 Å². The highest BCUT2D eigenvalue weighted by atomic mass is 35.5. The van der Waals surface area contributed by atoms with Gasteiger partial charge in [0, 0.05) is 21.9 Å². The molecular formula is C16H11ClF3NO3S2. The molecule has 1 aromatic heterocycles. The first-order valence-corrected chi connectivity index (χ1v) is 9.39. The molecule has 2 atom stereocenters. The zero-order valence-corrected chi connectivity index (χ0v) is 15.3. The van der Waals surface area contributed by atoms with Gasteiger partial charge in [0.05, 0.1) is 10.9 Å². The molecule has 0 bridgehead atoms. The number of carboxylic acids is 1. The predicted molar refractivity (Wildman–Crippen MR) is 91.5 cm³/mol. The number of nitrogens with zero attached hydrogens (tertiary/aromatic N) is 1. The average molecular weight is 422 g/mol. The van der Waals surface area contributed by atoms with Crippen molar-refractivity contribution in [3.63, 3.8) is 0 Å². The summed E-state index contributed by atoms with van der Waals surface area (Å²) in [4.78, 5) is 12.0. The number of carboxylic acid groups (broad SMARTS) is 1. The molecule has 2 aromatic rings. The summed E-state index contributed by atoms with van der Waals surface area (Å²) in [6.07, 6.45) is -3.59. The highest BCUT2D eigenvalue weighted by molar-refractivity contribution is 8.00. The number of aliphatic carboxylic acids is 1. The minimum absolute atomic E-state index is 0.251. The molecule has 0 saturated heterocycles. The fraction of sp³-hybridized carbons (Fsp3) is 0.250. The monoisotopic (exact) mass is 421 g/mol. The van der Waals surface area contributed by atoms with Crippen LogP contribution in [0, 0.1) is 11.1 Å². The smallest absolute Gasteiger partial charge is 0.401 e. The molecule has 0 radical (unpaired) electrons. The van der Waals surface area contributed by atoms with Gasteiger partial charge in [-0.05, 0) is 41.9 Å². The number of aromatic nitrogens is 1. The van der Waals surface area contributed by atoms with Crippen molar-refractivity contribution in [1.82, 2.24) is 0 Å². The number of alkyl halides is 3. The van der Waals surface area contributed by atoms with E-state index in [0.717, 1.165) is 11.8 Å². The quantitative estimate of drug-likeness (QED) is 0.587. The van der Waals surface area contributed by atoms with Gasteiger partial charge in [-0.25, -0.2) is 0 Å². The van der Waals surface area contributed by atoms with Crippen molar-refractivity contribution in [3.8, 4) is 0 Å². The van der Waals surface area contributed by atoms with Crippen LogP contribution in [0.4, 0.5) is 13.2 Å². The van der Waals surface area contributed by atoms with Crippen LogP contribution >= 0.6 is 35.1 Å². The number of thioether (sulfide) groups is 1. The summed E-state index contributed by atoms with van der Waals surface area (Å²) in [5.74, 6) is -3.06. The molecule has 0 aliphatic carbocycles. The molecule has 1 aliphatic heterocycles. The van der Waals surface area contributed by atoms with Crippen LogP contribution in [-0.2, 0) is 11.2 Å². The molecule has 26 heavy (non-hydrogen) atoms. The van der Waals surface area contributed by atoms with Crippen LogP contribution in [-0.4, -0.2) is 22.5 Å². The van der Waals surface area contributed by atoms with Crippen LogP contribution in [0.1, 0.15) is 5.56 Å². The zero-order chi connectivity index (χ0) is 19.1. The average Bonchev–Trinajstić information content (AvgIpc) is 2.55. The largest absolute Gasteiger partial charge is 0.618 e. The van der Waals surface area contributed by atoms with E-state index in [9.17, 15) is 23.2 Å². The van der Waals surface area contributed by atoms with Crippen molar-refractivity contribution in [2.45, 2.75) is 32.7 Å². The maximum Gasteiger partial charge on any atom is 0.401 e. The van der Waals surface area contributed by atoms with Gasteiger partial charge in [-0.2, -0.15) is 17.9 Å². The number of hydrogen-bond donors (Lipinski definition) is 1. The maximum atomic E-state index is 13.3. The molecule has 0 saturated carbocycles. The molecule has 1 N–H and O–H groups in total. The number of benzene rings is 1. The third-order valence-electron chi connectivity index (χ3n) is 3.82. The summed E-state index contributed by atoms with van der Waals surface area (Å²) in [7, 11) is 0. The van der Waals surface area contributed by atoms with Crippen LogP contribution in [0.2, 0.25) is 5.02 Å². The lowest BCUT2D eigenvalue weighted by Gasteiger charge is -2.31. The highest BCUT2D eigenvalue weighted by Crippen LogP contribution is 2.48. The highest BCUT2D eigenvalue weighted by Gasteiger charge is 2.50. The second kappa shape index (κ2) is 7.21. The summed E-state index contributed by atoms with van der Waals surface area (Å²) in [6, 6.07) is 7.75. The molecular weight excluding hydrogens is 411 g/mol. The Morgan fingerprint density at radius 3 is 2.73 bits per heavy atom. The van der Waals surface area contributed by atoms with Crippen LogP contribution in [0.15, 0.2) is 51.3 Å². The number of fused-ring (bicyclic) bond motifs is 1. The molecule has 1 aliphatic rings. The zero-order valence-electron chi connectivity index (χ0n) is 12.9. The van der Waals surface area contributed by atoms with Crippen molar-refractivity contribution in [2.24, 2.45) is 5.92 Å². The van der Waals surface area contributed by atoms with Gasteiger partial charge in [0.1, 0.15) is 5.25 Å². The van der Waals surface area contributed by atoms with E-state index in [1.807, 2.05) is 0 Å². The molecule has 1 aromatic carbocycles. The second-order valence-corrected chi connectivity index (χ2v) is 8.24. The van der Waals surface area contributed by atoms with E-state index < -0.39 is 23.3 Å². The molecule has 0 spiro atoms. The van der Waals surface area contributed by atoms with Crippen molar-refractivity contribution in [3.05, 3.63) is 52.3 Å². The fourth-order valence-electron chi connectivity index (χ4n) is 2.60. The van der Waals surface area contributed by atoms with E-state index in [4.69, 9.17) is 16.7 Å². The summed E-state index contributed by atoms with van der Waals surface area (Å²) in [5.41, 5.74) is 0.459. The number of pyridine rings is 1. The van der Waals surface area contributed by atoms with Crippen LogP contribution in [0.25, 0.3) is 0 Å². The van der Waals surface area contributed by atoms with Crippen molar-refractivity contribution < 1.29 is 27.8 Å². The molecule has 3 rings (SSSR count). The van der Waals surface area contributed by atoms with Gasteiger partial charge in [0.2, 0.25) is 0 Å². The molecule has 10 heteroatoms. The third-order valence-corrected chi connectivity index (χ3v) is 6.81.